The second-order valence-corrected chi connectivity index (χ2v) is 2.75. The van der Waals surface area contributed by atoms with E-state index in [-0.39, 0.29) is 13.2 Å². The van der Waals surface area contributed by atoms with E-state index >= 15 is 0 Å². The molecule has 0 aliphatic heterocycles. The minimum absolute atomic E-state index is 0.0413. The Hall–Kier alpha value is -0.920. The van der Waals surface area contributed by atoms with Crippen molar-refractivity contribution in [1.82, 2.24) is 0 Å². The fourth-order valence-corrected chi connectivity index (χ4v) is 0.739. The second-order valence-electron chi connectivity index (χ2n) is 2.75. The zero-order valence-electron chi connectivity index (χ0n) is 10.8. The first kappa shape index (κ1) is 19.4. The van der Waals surface area contributed by atoms with E-state index < -0.39 is 0 Å². The summed E-state index contributed by atoms with van der Waals surface area (Å²) in [6.45, 7) is 9.28. The molecule has 0 saturated heterocycles. The van der Waals surface area contributed by atoms with E-state index in [4.69, 9.17) is 24.4 Å². The molecule has 0 aromatic rings. The van der Waals surface area contributed by atoms with Crippen molar-refractivity contribution in [2.24, 2.45) is 0 Å². The van der Waals surface area contributed by atoms with Crippen LogP contribution in [0.1, 0.15) is 0 Å². The molecule has 0 saturated carbocycles. The number of hydrogen-bond donors (Lipinski definition) is 2. The quantitative estimate of drug-likeness (QED) is 0.390. The largest absolute Gasteiger partial charge is 0.474 e. The molecule has 0 aliphatic rings. The van der Waals surface area contributed by atoms with Crippen molar-refractivity contribution in [3.63, 3.8) is 0 Å². The molecule has 0 aliphatic carbocycles. The highest BCUT2D eigenvalue weighted by Gasteiger charge is 1.89. The molecular weight excluding hydrogens is 240 g/mol. The van der Waals surface area contributed by atoms with Crippen LogP contribution in [0.3, 0.4) is 0 Å². The summed E-state index contributed by atoms with van der Waals surface area (Å²) in [5, 5.41) is 16.7. The van der Waals surface area contributed by atoms with E-state index in [1.165, 1.54) is 12.5 Å². The highest BCUT2D eigenvalue weighted by Crippen LogP contribution is 1.80. The Morgan fingerprint density at radius 1 is 0.667 bits per heavy atom. The third kappa shape index (κ3) is 24.4. The predicted octanol–water partition coefficient (Wildman–Crippen LogP) is 0.311. The average Bonchev–Trinajstić information content (AvgIpc) is 2.39. The monoisotopic (exact) mass is 264 g/mol. The van der Waals surface area contributed by atoms with Crippen LogP contribution in [0.4, 0.5) is 0 Å². The van der Waals surface area contributed by atoms with Crippen LogP contribution in [0, 0.1) is 0 Å². The van der Waals surface area contributed by atoms with Gasteiger partial charge in [-0.1, -0.05) is 13.2 Å². The van der Waals surface area contributed by atoms with Crippen LogP contribution in [0.5, 0.6) is 0 Å². The summed E-state index contributed by atoms with van der Waals surface area (Å²) in [5.41, 5.74) is 0. The van der Waals surface area contributed by atoms with Gasteiger partial charge in [0.1, 0.15) is 0 Å². The van der Waals surface area contributed by atoms with Crippen molar-refractivity contribution in [3.8, 4) is 0 Å². The summed E-state index contributed by atoms with van der Waals surface area (Å²) >= 11 is 0. The van der Waals surface area contributed by atoms with Crippen LogP contribution in [0.15, 0.2) is 25.7 Å². The van der Waals surface area contributed by atoms with E-state index in [1.54, 1.807) is 0 Å². The Bertz CT molecular complexity index is 147. The molecule has 108 valence electrons. The molecule has 2 N–H and O–H groups in total. The lowest BCUT2D eigenvalue weighted by atomic mass is 10.7. The number of hydrogen-bond acceptors (Lipinski definition) is 6. The maximum absolute atomic E-state index is 8.36. The summed E-state index contributed by atoms with van der Waals surface area (Å²) in [4.78, 5) is 0. The molecule has 0 heterocycles. The normalized spacial score (nSPS) is 9.22. The Morgan fingerprint density at radius 3 is 1.22 bits per heavy atom. The maximum atomic E-state index is 8.36. The molecule has 0 radical (unpaired) electrons. The van der Waals surface area contributed by atoms with Gasteiger partial charge >= 0.3 is 0 Å². The third-order valence-electron chi connectivity index (χ3n) is 1.41. The molecule has 0 atom stereocenters. The second kappa shape index (κ2) is 21.4. The minimum Gasteiger partial charge on any atom is -0.474 e. The molecule has 0 aromatic carbocycles. The van der Waals surface area contributed by atoms with Crippen molar-refractivity contribution in [1.29, 1.82) is 0 Å². The zero-order valence-corrected chi connectivity index (χ0v) is 10.8. The predicted molar refractivity (Wildman–Crippen MR) is 68.1 cm³/mol. The fourth-order valence-electron chi connectivity index (χ4n) is 0.739. The van der Waals surface area contributed by atoms with Gasteiger partial charge in [-0.2, -0.15) is 0 Å². The average molecular weight is 264 g/mol. The molecule has 0 amide bonds. The van der Waals surface area contributed by atoms with Crippen molar-refractivity contribution in [2.45, 2.75) is 0 Å². The van der Waals surface area contributed by atoms with Gasteiger partial charge in [-0.3, -0.25) is 0 Å². The Labute approximate surface area is 108 Å². The SMILES string of the molecule is C=COC=C.OCCOCCOCCOCCO. The summed E-state index contributed by atoms with van der Waals surface area (Å²) < 4.78 is 19.4. The molecule has 0 rings (SSSR count). The molecular formula is C12H24O6. The van der Waals surface area contributed by atoms with Crippen molar-refractivity contribution in [3.05, 3.63) is 25.7 Å². The van der Waals surface area contributed by atoms with Crippen LogP contribution in [-0.4, -0.2) is 63.1 Å². The molecule has 0 aromatic heterocycles. The Kier molecular flexibility index (Phi) is 23.1. The lowest BCUT2D eigenvalue weighted by molar-refractivity contribution is 0.00230. The van der Waals surface area contributed by atoms with Gasteiger partial charge in [-0.25, -0.2) is 0 Å². The van der Waals surface area contributed by atoms with Gasteiger partial charge in [0.25, 0.3) is 0 Å². The first-order valence-corrected chi connectivity index (χ1v) is 5.65. The number of rotatable bonds is 12. The van der Waals surface area contributed by atoms with E-state index in [0.29, 0.717) is 39.6 Å². The van der Waals surface area contributed by atoms with Crippen LogP contribution in [0.2, 0.25) is 0 Å². The van der Waals surface area contributed by atoms with Gasteiger partial charge in [-0.05, 0) is 0 Å². The number of aliphatic hydroxyl groups excluding tert-OH is 2. The Morgan fingerprint density at radius 2 is 1.00 bits per heavy atom. The van der Waals surface area contributed by atoms with Gasteiger partial charge in [-0.15, -0.1) is 0 Å². The van der Waals surface area contributed by atoms with Gasteiger partial charge < -0.3 is 29.2 Å². The molecule has 6 nitrogen and oxygen atoms in total. The maximum Gasteiger partial charge on any atom is 0.0829 e. The zero-order chi connectivity index (χ0) is 13.9. The topological polar surface area (TPSA) is 77.4 Å². The summed E-state index contributed by atoms with van der Waals surface area (Å²) in [6.07, 6.45) is 2.62. The van der Waals surface area contributed by atoms with Crippen molar-refractivity contribution < 1.29 is 29.2 Å². The van der Waals surface area contributed by atoms with E-state index in [9.17, 15) is 0 Å². The van der Waals surface area contributed by atoms with Gasteiger partial charge in [0, 0.05) is 0 Å². The molecule has 18 heavy (non-hydrogen) atoms. The van der Waals surface area contributed by atoms with Crippen LogP contribution < -0.4 is 0 Å². The van der Waals surface area contributed by atoms with Crippen LogP contribution >= 0.6 is 0 Å². The summed E-state index contributed by atoms with van der Waals surface area (Å²) in [6, 6.07) is 0. The van der Waals surface area contributed by atoms with E-state index in [2.05, 4.69) is 17.9 Å². The highest BCUT2D eigenvalue weighted by molar-refractivity contribution is 4.57. The molecule has 0 spiro atoms. The first-order valence-electron chi connectivity index (χ1n) is 5.65. The van der Waals surface area contributed by atoms with Crippen LogP contribution in [0.25, 0.3) is 0 Å². The third-order valence-corrected chi connectivity index (χ3v) is 1.41. The summed E-state index contributed by atoms with van der Waals surface area (Å²) in [5.74, 6) is 0. The molecule has 6 heteroatoms. The lowest BCUT2D eigenvalue weighted by Crippen LogP contribution is -2.11. The highest BCUT2D eigenvalue weighted by atomic mass is 16.5. The Balaban J connectivity index is 0. The molecule has 0 fully saturated rings. The fraction of sp³-hybridized carbons (Fsp3) is 0.667. The van der Waals surface area contributed by atoms with Gasteiger partial charge in [0.2, 0.25) is 0 Å². The van der Waals surface area contributed by atoms with Gasteiger partial charge in [0.05, 0.1) is 65.4 Å². The molecule has 0 unspecified atom stereocenters. The molecule has 0 bridgehead atoms. The number of aliphatic hydroxyl groups is 2. The van der Waals surface area contributed by atoms with E-state index in [0.717, 1.165) is 0 Å². The van der Waals surface area contributed by atoms with E-state index in [1.807, 2.05) is 0 Å². The lowest BCUT2D eigenvalue weighted by Gasteiger charge is -2.04. The summed E-state index contributed by atoms with van der Waals surface area (Å²) in [7, 11) is 0. The number of ether oxygens (including phenoxy) is 4. The first-order chi connectivity index (χ1) is 8.83. The van der Waals surface area contributed by atoms with Gasteiger partial charge in [0.15, 0.2) is 0 Å². The standard InChI is InChI=1S/C8H18O5.C4H6O/c9-1-3-11-5-7-13-8-6-12-4-2-10;1-3-5-4-2/h9-10H,1-8H2;3-4H,1-2H2. The van der Waals surface area contributed by atoms with Crippen LogP contribution in [-0.2, 0) is 18.9 Å². The van der Waals surface area contributed by atoms with Crippen molar-refractivity contribution >= 4 is 0 Å². The minimum atomic E-state index is 0.0413. The smallest absolute Gasteiger partial charge is 0.0829 e. The van der Waals surface area contributed by atoms with Crippen molar-refractivity contribution in [2.75, 3.05) is 52.9 Å².